The third-order valence-electron chi connectivity index (χ3n) is 5.25. The van der Waals surface area contributed by atoms with E-state index in [1.807, 2.05) is 23.1 Å². The molecule has 0 saturated heterocycles. The number of likely N-dealkylation sites (N-methyl/N-ethyl adjacent to an activating group) is 1. The first-order valence-corrected chi connectivity index (χ1v) is 11.3. The van der Waals surface area contributed by atoms with Crippen LogP contribution in [0.25, 0.3) is 10.2 Å². The molecular weight excluding hydrogens is 402 g/mol. The molecule has 1 aromatic heterocycles. The van der Waals surface area contributed by atoms with Gasteiger partial charge in [0.2, 0.25) is 5.91 Å². The van der Waals surface area contributed by atoms with Gasteiger partial charge in [0.25, 0.3) is 0 Å². The van der Waals surface area contributed by atoms with Crippen molar-refractivity contribution in [3.63, 3.8) is 0 Å². The van der Waals surface area contributed by atoms with E-state index < -0.39 is 0 Å². The van der Waals surface area contributed by atoms with Crippen molar-refractivity contribution in [2.75, 3.05) is 31.1 Å². The van der Waals surface area contributed by atoms with Crippen LogP contribution in [-0.2, 0) is 11.2 Å². The summed E-state index contributed by atoms with van der Waals surface area (Å²) in [6.45, 7) is 11.8. The summed E-state index contributed by atoms with van der Waals surface area (Å²) in [6.07, 6.45) is 0.376. The highest BCUT2D eigenvalue weighted by molar-refractivity contribution is 7.22. The monoisotopic (exact) mass is 429 g/mol. The molecular formula is C23H28ClN3OS. The Kier molecular flexibility index (Phi) is 7.28. The Hall–Kier alpha value is -1.95. The number of carbonyl (C=O) groups is 1. The highest BCUT2D eigenvalue weighted by Gasteiger charge is 2.21. The van der Waals surface area contributed by atoms with Gasteiger partial charge in [0.05, 0.1) is 16.6 Å². The Labute approximate surface area is 182 Å². The second kappa shape index (κ2) is 9.70. The lowest BCUT2D eigenvalue weighted by molar-refractivity contribution is -0.118. The second-order valence-electron chi connectivity index (χ2n) is 7.29. The van der Waals surface area contributed by atoms with Crippen molar-refractivity contribution in [2.45, 2.75) is 34.1 Å². The summed E-state index contributed by atoms with van der Waals surface area (Å²) in [7, 11) is 0. The van der Waals surface area contributed by atoms with Gasteiger partial charge >= 0.3 is 0 Å². The number of nitrogens with zero attached hydrogens (tertiary/aromatic N) is 3. The highest BCUT2D eigenvalue weighted by Crippen LogP contribution is 2.31. The van der Waals surface area contributed by atoms with Crippen molar-refractivity contribution >= 4 is 44.2 Å². The molecule has 6 heteroatoms. The number of thiazole rings is 1. The number of anilines is 1. The lowest BCUT2D eigenvalue weighted by Crippen LogP contribution is -2.39. The zero-order chi connectivity index (χ0) is 21.0. The molecule has 0 N–H and O–H groups in total. The normalized spacial score (nSPS) is 11.4. The fourth-order valence-corrected chi connectivity index (χ4v) is 4.70. The van der Waals surface area contributed by atoms with E-state index in [0.717, 1.165) is 46.1 Å². The number of rotatable bonds is 8. The fraction of sp³-hybridized carbons (Fsp3) is 0.391. The molecule has 3 aromatic rings. The quantitative estimate of drug-likeness (QED) is 0.475. The minimum absolute atomic E-state index is 0.0780. The van der Waals surface area contributed by atoms with E-state index in [4.69, 9.17) is 16.6 Å². The van der Waals surface area contributed by atoms with Crippen molar-refractivity contribution in [1.82, 2.24) is 9.88 Å². The number of hydrogen-bond acceptors (Lipinski definition) is 4. The first kappa shape index (κ1) is 21.8. The third-order valence-corrected chi connectivity index (χ3v) is 6.52. The number of carbonyl (C=O) groups excluding carboxylic acids is 1. The molecule has 0 radical (unpaired) electrons. The number of hydrogen-bond donors (Lipinski definition) is 0. The van der Waals surface area contributed by atoms with Crippen LogP contribution in [0.3, 0.4) is 0 Å². The van der Waals surface area contributed by atoms with Crippen molar-refractivity contribution in [3.05, 3.63) is 58.1 Å². The SMILES string of the molecule is CCN(CC)CCN(C(=O)Cc1ccc(C)cc1C)c1nc2ccc(Cl)cc2s1. The number of halogens is 1. The van der Waals surface area contributed by atoms with Crippen LogP contribution in [0.4, 0.5) is 5.13 Å². The largest absolute Gasteiger partial charge is 0.302 e. The summed E-state index contributed by atoms with van der Waals surface area (Å²) in [5, 5.41) is 1.42. The maximum Gasteiger partial charge on any atom is 0.233 e. The maximum atomic E-state index is 13.3. The van der Waals surface area contributed by atoms with E-state index in [9.17, 15) is 4.79 Å². The zero-order valence-corrected chi connectivity index (χ0v) is 19.1. The van der Waals surface area contributed by atoms with Gasteiger partial charge in [-0.15, -0.1) is 0 Å². The molecule has 0 spiro atoms. The minimum Gasteiger partial charge on any atom is -0.302 e. The van der Waals surface area contributed by atoms with Crippen molar-refractivity contribution < 1.29 is 4.79 Å². The first-order chi connectivity index (χ1) is 13.9. The molecule has 0 fully saturated rings. The topological polar surface area (TPSA) is 36.4 Å². The molecule has 0 atom stereocenters. The van der Waals surface area contributed by atoms with Gasteiger partial charge in [-0.2, -0.15) is 0 Å². The number of aromatic nitrogens is 1. The molecule has 0 unspecified atom stereocenters. The van der Waals surface area contributed by atoms with Crippen molar-refractivity contribution in [2.24, 2.45) is 0 Å². The molecule has 3 rings (SSSR count). The van der Waals surface area contributed by atoms with Crippen molar-refractivity contribution in [3.8, 4) is 0 Å². The summed E-state index contributed by atoms with van der Waals surface area (Å²) >= 11 is 7.66. The standard InChI is InChI=1S/C23H28ClN3OS/c1-5-26(6-2)11-12-27(22(28)14-18-8-7-16(3)13-17(18)4)23-25-20-10-9-19(24)15-21(20)29-23/h7-10,13,15H,5-6,11-12,14H2,1-4H3. The van der Waals surface area contributed by atoms with E-state index in [2.05, 4.69) is 50.8 Å². The molecule has 0 saturated carbocycles. The van der Waals surface area contributed by atoms with Crippen LogP contribution >= 0.6 is 22.9 Å². The highest BCUT2D eigenvalue weighted by atomic mass is 35.5. The lowest BCUT2D eigenvalue weighted by atomic mass is 10.0. The maximum absolute atomic E-state index is 13.3. The number of benzene rings is 2. The molecule has 0 aliphatic carbocycles. The predicted octanol–water partition coefficient (Wildman–Crippen LogP) is 5.48. The lowest BCUT2D eigenvalue weighted by Gasteiger charge is -2.25. The Balaban J connectivity index is 1.89. The Morgan fingerprint density at radius 2 is 1.83 bits per heavy atom. The van der Waals surface area contributed by atoms with Crippen LogP contribution in [0.2, 0.25) is 5.02 Å². The van der Waals surface area contributed by atoms with E-state index in [1.54, 1.807) is 0 Å². The predicted molar refractivity (Wildman–Crippen MR) is 124 cm³/mol. The minimum atomic E-state index is 0.0780. The van der Waals surface area contributed by atoms with E-state index >= 15 is 0 Å². The van der Waals surface area contributed by atoms with Gasteiger partial charge in [-0.25, -0.2) is 4.98 Å². The van der Waals surface area contributed by atoms with E-state index in [1.165, 1.54) is 16.9 Å². The summed E-state index contributed by atoms with van der Waals surface area (Å²) < 4.78 is 1.000. The van der Waals surface area contributed by atoms with Crippen LogP contribution in [0.1, 0.15) is 30.5 Å². The van der Waals surface area contributed by atoms with Gasteiger partial charge in [0.1, 0.15) is 0 Å². The fourth-order valence-electron chi connectivity index (χ4n) is 3.41. The molecule has 29 heavy (non-hydrogen) atoms. The number of aryl methyl sites for hydroxylation is 2. The summed E-state index contributed by atoms with van der Waals surface area (Å²) in [5.74, 6) is 0.0780. The molecule has 0 bridgehead atoms. The molecule has 2 aromatic carbocycles. The van der Waals surface area contributed by atoms with E-state index in [0.29, 0.717) is 18.0 Å². The van der Waals surface area contributed by atoms with Gasteiger partial charge in [-0.05, 0) is 56.3 Å². The summed E-state index contributed by atoms with van der Waals surface area (Å²) in [5.41, 5.74) is 4.30. The van der Waals surface area contributed by atoms with Gasteiger partial charge in [-0.3, -0.25) is 9.69 Å². The first-order valence-electron chi connectivity index (χ1n) is 10.1. The number of fused-ring (bicyclic) bond motifs is 1. The second-order valence-corrected chi connectivity index (χ2v) is 8.73. The van der Waals surface area contributed by atoms with Crippen LogP contribution in [-0.4, -0.2) is 42.0 Å². The third kappa shape index (κ3) is 5.35. The molecule has 1 heterocycles. The average Bonchev–Trinajstić information content (AvgIpc) is 3.10. The van der Waals surface area contributed by atoms with Gasteiger partial charge < -0.3 is 4.90 Å². The molecule has 0 aliphatic rings. The van der Waals surface area contributed by atoms with Gasteiger partial charge in [0, 0.05) is 18.1 Å². The van der Waals surface area contributed by atoms with Crippen LogP contribution in [0.5, 0.6) is 0 Å². The van der Waals surface area contributed by atoms with E-state index in [-0.39, 0.29) is 5.91 Å². The number of amides is 1. The van der Waals surface area contributed by atoms with Crippen LogP contribution < -0.4 is 4.90 Å². The van der Waals surface area contributed by atoms with Gasteiger partial charge in [0.15, 0.2) is 5.13 Å². The summed E-state index contributed by atoms with van der Waals surface area (Å²) in [6, 6.07) is 11.9. The molecule has 4 nitrogen and oxygen atoms in total. The van der Waals surface area contributed by atoms with Gasteiger partial charge in [-0.1, -0.05) is 60.5 Å². The smallest absolute Gasteiger partial charge is 0.233 e. The average molecular weight is 430 g/mol. The Morgan fingerprint density at radius 3 is 2.52 bits per heavy atom. The Bertz CT molecular complexity index is 997. The van der Waals surface area contributed by atoms with Crippen LogP contribution in [0.15, 0.2) is 36.4 Å². The molecule has 1 amide bonds. The molecule has 0 aliphatic heterocycles. The Morgan fingerprint density at radius 1 is 1.07 bits per heavy atom. The van der Waals surface area contributed by atoms with Crippen LogP contribution in [0, 0.1) is 13.8 Å². The zero-order valence-electron chi connectivity index (χ0n) is 17.5. The summed E-state index contributed by atoms with van der Waals surface area (Å²) in [4.78, 5) is 22.2. The van der Waals surface area contributed by atoms with Crippen molar-refractivity contribution in [1.29, 1.82) is 0 Å². The molecule has 154 valence electrons.